The molecule has 0 bridgehead atoms. The molecule has 0 saturated carbocycles. The molecule has 0 atom stereocenters. The largest absolute Gasteiger partial charge is 0.296 e. The Labute approximate surface area is 68.2 Å². The third kappa shape index (κ3) is 1.64. The van der Waals surface area contributed by atoms with Gasteiger partial charge in [-0.2, -0.15) is 0 Å². The zero-order valence-electron chi connectivity index (χ0n) is 6.42. The number of aldehydes is 1. The maximum atomic E-state index is 12.2. The van der Waals surface area contributed by atoms with E-state index in [4.69, 9.17) is 0 Å². The molecule has 1 aromatic heterocycles. The highest BCUT2D eigenvalue weighted by atomic mass is 19.3. The van der Waals surface area contributed by atoms with Gasteiger partial charge in [-0.1, -0.05) is 0 Å². The van der Waals surface area contributed by atoms with Crippen molar-refractivity contribution in [3.8, 4) is 0 Å². The normalized spacial score (nSPS) is 10.3. The van der Waals surface area contributed by atoms with Gasteiger partial charge in [-0.05, 0) is 18.6 Å². The fourth-order valence-electron chi connectivity index (χ4n) is 0.876. The van der Waals surface area contributed by atoms with Gasteiger partial charge in [0.1, 0.15) is 5.69 Å². The van der Waals surface area contributed by atoms with Gasteiger partial charge in [-0.15, -0.1) is 0 Å². The molecule has 1 rings (SSSR count). The molecular formula is C8H7F2NO. The van der Waals surface area contributed by atoms with E-state index in [1.807, 2.05) is 0 Å². The van der Waals surface area contributed by atoms with Crippen LogP contribution in [-0.2, 0) is 0 Å². The summed E-state index contributed by atoms with van der Waals surface area (Å²) < 4.78 is 24.4. The molecule has 1 heterocycles. The molecule has 0 unspecified atom stereocenters. The van der Waals surface area contributed by atoms with E-state index in [2.05, 4.69) is 4.98 Å². The predicted molar refractivity (Wildman–Crippen MR) is 39.3 cm³/mol. The van der Waals surface area contributed by atoms with Crippen LogP contribution >= 0.6 is 0 Å². The first-order valence-corrected chi connectivity index (χ1v) is 3.35. The van der Waals surface area contributed by atoms with Gasteiger partial charge >= 0.3 is 0 Å². The van der Waals surface area contributed by atoms with Crippen LogP contribution in [0.2, 0.25) is 0 Å². The van der Waals surface area contributed by atoms with Crippen molar-refractivity contribution >= 4 is 6.29 Å². The molecule has 1 aromatic rings. The number of rotatable bonds is 2. The minimum Gasteiger partial charge on any atom is -0.296 e. The Morgan fingerprint density at radius 2 is 2.25 bits per heavy atom. The molecule has 0 fully saturated rings. The second-order valence-electron chi connectivity index (χ2n) is 2.41. The highest BCUT2D eigenvalue weighted by Crippen LogP contribution is 2.21. The summed E-state index contributed by atoms with van der Waals surface area (Å²) in [4.78, 5) is 13.8. The van der Waals surface area contributed by atoms with Crippen molar-refractivity contribution < 1.29 is 13.6 Å². The first kappa shape index (κ1) is 8.77. The van der Waals surface area contributed by atoms with E-state index in [9.17, 15) is 13.6 Å². The monoisotopic (exact) mass is 171 g/mol. The fraction of sp³-hybridized carbons (Fsp3) is 0.250. The van der Waals surface area contributed by atoms with Crippen LogP contribution in [0, 0.1) is 6.92 Å². The fourth-order valence-corrected chi connectivity index (χ4v) is 0.876. The lowest BCUT2D eigenvalue weighted by Crippen LogP contribution is -1.97. The molecule has 0 amide bonds. The second kappa shape index (κ2) is 3.38. The first-order valence-electron chi connectivity index (χ1n) is 3.35. The Morgan fingerprint density at radius 1 is 1.58 bits per heavy atom. The quantitative estimate of drug-likeness (QED) is 0.638. The van der Waals surface area contributed by atoms with Crippen LogP contribution in [-0.4, -0.2) is 11.3 Å². The van der Waals surface area contributed by atoms with Crippen LogP contribution in [0.3, 0.4) is 0 Å². The molecule has 0 aromatic carbocycles. The Hall–Kier alpha value is -1.32. The molecule has 4 heteroatoms. The van der Waals surface area contributed by atoms with Crippen LogP contribution in [0.5, 0.6) is 0 Å². The molecule has 2 nitrogen and oxygen atoms in total. The van der Waals surface area contributed by atoms with Crippen LogP contribution in [0.1, 0.15) is 28.0 Å². The van der Waals surface area contributed by atoms with Crippen LogP contribution in [0.25, 0.3) is 0 Å². The van der Waals surface area contributed by atoms with Crippen LogP contribution < -0.4 is 0 Å². The van der Waals surface area contributed by atoms with Gasteiger partial charge in [0.15, 0.2) is 6.29 Å². The molecule has 0 N–H and O–H groups in total. The lowest BCUT2D eigenvalue weighted by Gasteiger charge is -2.02. The van der Waals surface area contributed by atoms with E-state index >= 15 is 0 Å². The average molecular weight is 171 g/mol. The molecule has 12 heavy (non-hydrogen) atoms. The average Bonchev–Trinajstić information content (AvgIpc) is 2.04. The van der Waals surface area contributed by atoms with E-state index in [0.29, 0.717) is 11.8 Å². The number of halogens is 2. The standard InChI is InChI=1S/C8H7F2NO/c1-5-2-6(8(9)10)7(4-12)11-3-5/h2-4,8H,1H3. The Bertz CT molecular complexity index is 299. The Morgan fingerprint density at radius 3 is 2.75 bits per heavy atom. The topological polar surface area (TPSA) is 30.0 Å². The number of hydrogen-bond acceptors (Lipinski definition) is 2. The number of aryl methyl sites for hydroxylation is 1. The van der Waals surface area contributed by atoms with Crippen LogP contribution in [0.15, 0.2) is 12.3 Å². The number of alkyl halides is 2. The molecule has 0 aliphatic carbocycles. The van der Waals surface area contributed by atoms with Gasteiger partial charge < -0.3 is 0 Å². The highest BCUT2D eigenvalue weighted by molar-refractivity contribution is 5.74. The lowest BCUT2D eigenvalue weighted by molar-refractivity contribution is 0.110. The summed E-state index contributed by atoms with van der Waals surface area (Å²) >= 11 is 0. The van der Waals surface area contributed by atoms with Crippen molar-refractivity contribution in [3.63, 3.8) is 0 Å². The number of nitrogens with zero attached hydrogens (tertiary/aromatic N) is 1. The second-order valence-corrected chi connectivity index (χ2v) is 2.41. The molecule has 0 spiro atoms. The molecule has 64 valence electrons. The van der Waals surface area contributed by atoms with Crippen molar-refractivity contribution in [2.24, 2.45) is 0 Å². The maximum absolute atomic E-state index is 12.2. The summed E-state index contributed by atoms with van der Waals surface area (Å²) in [6, 6.07) is 1.27. The molecule has 0 saturated heterocycles. The van der Waals surface area contributed by atoms with Gasteiger partial charge in [0.2, 0.25) is 0 Å². The van der Waals surface area contributed by atoms with Crippen LogP contribution in [0.4, 0.5) is 8.78 Å². The van der Waals surface area contributed by atoms with E-state index in [1.54, 1.807) is 6.92 Å². The smallest absolute Gasteiger partial charge is 0.266 e. The number of hydrogen-bond donors (Lipinski definition) is 0. The maximum Gasteiger partial charge on any atom is 0.266 e. The molecule has 0 aliphatic heterocycles. The summed E-state index contributed by atoms with van der Waals surface area (Å²) in [5.74, 6) is 0. The summed E-state index contributed by atoms with van der Waals surface area (Å²) in [7, 11) is 0. The summed E-state index contributed by atoms with van der Waals surface area (Å²) in [5.41, 5.74) is 0.136. The van der Waals surface area contributed by atoms with Gasteiger partial charge in [-0.25, -0.2) is 8.78 Å². The van der Waals surface area contributed by atoms with Crippen molar-refractivity contribution in [2.75, 3.05) is 0 Å². The van der Waals surface area contributed by atoms with Crippen molar-refractivity contribution in [3.05, 3.63) is 29.1 Å². The molecule has 0 aliphatic rings. The summed E-state index contributed by atoms with van der Waals surface area (Å²) in [6.45, 7) is 1.65. The van der Waals surface area contributed by atoms with E-state index < -0.39 is 6.43 Å². The number of pyridine rings is 1. The van der Waals surface area contributed by atoms with Gasteiger partial charge in [0, 0.05) is 11.8 Å². The van der Waals surface area contributed by atoms with Gasteiger partial charge in [0.25, 0.3) is 6.43 Å². The van der Waals surface area contributed by atoms with Crippen molar-refractivity contribution in [1.29, 1.82) is 0 Å². The zero-order chi connectivity index (χ0) is 9.14. The zero-order valence-corrected chi connectivity index (χ0v) is 6.42. The third-order valence-electron chi connectivity index (χ3n) is 1.43. The van der Waals surface area contributed by atoms with E-state index in [0.717, 1.165) is 0 Å². The minimum absolute atomic E-state index is 0.185. The minimum atomic E-state index is -2.64. The predicted octanol–water partition coefficient (Wildman–Crippen LogP) is 2.14. The van der Waals surface area contributed by atoms with Gasteiger partial charge in [0.05, 0.1) is 0 Å². The van der Waals surface area contributed by atoms with Crippen molar-refractivity contribution in [2.45, 2.75) is 13.3 Å². The highest BCUT2D eigenvalue weighted by Gasteiger charge is 2.13. The van der Waals surface area contributed by atoms with E-state index in [1.165, 1.54) is 12.3 Å². The van der Waals surface area contributed by atoms with E-state index in [-0.39, 0.29) is 11.3 Å². The molecular weight excluding hydrogens is 164 g/mol. The molecule has 0 radical (unpaired) electrons. The lowest BCUT2D eigenvalue weighted by atomic mass is 10.1. The Kier molecular flexibility index (Phi) is 2.47. The SMILES string of the molecule is Cc1cnc(C=O)c(C(F)F)c1. The number of aromatic nitrogens is 1. The van der Waals surface area contributed by atoms with Crippen molar-refractivity contribution in [1.82, 2.24) is 4.98 Å². The summed E-state index contributed by atoms with van der Waals surface area (Å²) in [5, 5.41) is 0. The summed E-state index contributed by atoms with van der Waals surface area (Å²) in [6.07, 6.45) is -0.922. The third-order valence-corrected chi connectivity index (χ3v) is 1.43. The first-order chi connectivity index (χ1) is 5.65. The number of carbonyl (C=O) groups excluding carboxylic acids is 1. The Balaban J connectivity index is 3.21. The van der Waals surface area contributed by atoms with Gasteiger partial charge in [-0.3, -0.25) is 9.78 Å². The number of carbonyl (C=O) groups is 1.